The Labute approximate surface area is 193 Å². The SMILES string of the molecule is CN1CCC(C(=O)Nc2cncc(C#CC3NC(=O)N(COC(=O)C(C)(C)C)C3=O)c2)CC1. The number of nitrogens with one attached hydrogen (secondary N) is 2. The number of rotatable bonds is 4. The average molecular weight is 456 g/mol. The summed E-state index contributed by atoms with van der Waals surface area (Å²) in [5.74, 6) is 4.29. The van der Waals surface area contributed by atoms with Crippen LogP contribution in [0.1, 0.15) is 39.2 Å². The second-order valence-corrected chi connectivity index (χ2v) is 9.26. The molecule has 2 saturated heterocycles. The van der Waals surface area contributed by atoms with Crippen LogP contribution in [0.15, 0.2) is 18.5 Å². The molecule has 2 fully saturated rings. The summed E-state index contributed by atoms with van der Waals surface area (Å²) in [5.41, 5.74) is 0.248. The lowest BCUT2D eigenvalue weighted by molar-refractivity contribution is -0.157. The summed E-state index contributed by atoms with van der Waals surface area (Å²) in [7, 11) is 2.04. The highest BCUT2D eigenvalue weighted by Crippen LogP contribution is 2.19. The number of piperidine rings is 1. The Morgan fingerprint density at radius 1 is 1.24 bits per heavy atom. The Kier molecular flexibility index (Phi) is 7.33. The average Bonchev–Trinajstić information content (AvgIpc) is 3.03. The van der Waals surface area contributed by atoms with Crippen LogP contribution in [0, 0.1) is 23.2 Å². The van der Waals surface area contributed by atoms with Gasteiger partial charge in [0.2, 0.25) is 5.91 Å². The third-order valence-corrected chi connectivity index (χ3v) is 5.42. The van der Waals surface area contributed by atoms with Crippen molar-refractivity contribution in [2.45, 2.75) is 39.7 Å². The van der Waals surface area contributed by atoms with E-state index in [4.69, 9.17) is 4.74 Å². The summed E-state index contributed by atoms with van der Waals surface area (Å²) >= 11 is 0. The fourth-order valence-electron chi connectivity index (χ4n) is 3.33. The van der Waals surface area contributed by atoms with Crippen molar-refractivity contribution in [2.75, 3.05) is 32.2 Å². The zero-order valence-corrected chi connectivity index (χ0v) is 19.3. The molecule has 1 aromatic heterocycles. The van der Waals surface area contributed by atoms with E-state index in [0.29, 0.717) is 11.3 Å². The molecule has 0 aromatic carbocycles. The lowest BCUT2D eigenvalue weighted by Gasteiger charge is -2.28. The van der Waals surface area contributed by atoms with E-state index in [0.717, 1.165) is 30.8 Å². The standard InChI is InChI=1S/C23H29N5O5/c1-23(2,3)21(31)33-14-28-20(30)18(26-22(28)32)6-5-15-11-17(13-24-12-15)25-19(29)16-7-9-27(4)10-8-16/h11-13,16,18H,7-10,14H2,1-4H3,(H,25,29)(H,26,32). The number of amides is 4. The van der Waals surface area contributed by atoms with Crippen LogP contribution < -0.4 is 10.6 Å². The van der Waals surface area contributed by atoms with Crippen molar-refractivity contribution >= 4 is 29.5 Å². The smallest absolute Gasteiger partial charge is 0.328 e. The van der Waals surface area contributed by atoms with E-state index >= 15 is 0 Å². The molecule has 0 aliphatic carbocycles. The van der Waals surface area contributed by atoms with Gasteiger partial charge < -0.3 is 20.3 Å². The molecule has 33 heavy (non-hydrogen) atoms. The minimum atomic E-state index is -1.07. The summed E-state index contributed by atoms with van der Waals surface area (Å²) in [4.78, 5) is 56.1. The lowest BCUT2D eigenvalue weighted by Crippen LogP contribution is -2.36. The Morgan fingerprint density at radius 2 is 1.94 bits per heavy atom. The number of carbonyl (C=O) groups excluding carboxylic acids is 4. The molecule has 1 aromatic rings. The van der Waals surface area contributed by atoms with Gasteiger partial charge in [-0.2, -0.15) is 0 Å². The van der Waals surface area contributed by atoms with Crippen molar-refractivity contribution in [1.82, 2.24) is 20.1 Å². The number of carbonyl (C=O) groups is 4. The molecule has 10 nitrogen and oxygen atoms in total. The molecule has 3 rings (SSSR count). The van der Waals surface area contributed by atoms with E-state index in [2.05, 4.69) is 32.4 Å². The van der Waals surface area contributed by atoms with Crippen LogP contribution >= 0.6 is 0 Å². The first-order valence-corrected chi connectivity index (χ1v) is 10.8. The minimum absolute atomic E-state index is 0.0411. The molecule has 4 amide bonds. The van der Waals surface area contributed by atoms with Gasteiger partial charge in [0.1, 0.15) is 0 Å². The molecule has 0 saturated carbocycles. The Hall–Kier alpha value is -3.45. The summed E-state index contributed by atoms with van der Waals surface area (Å²) in [6, 6.07) is -0.0849. The van der Waals surface area contributed by atoms with Crippen LogP contribution in [0.2, 0.25) is 0 Å². The molecule has 1 unspecified atom stereocenters. The highest BCUT2D eigenvalue weighted by molar-refractivity contribution is 6.06. The van der Waals surface area contributed by atoms with Gasteiger partial charge in [-0.1, -0.05) is 11.8 Å². The Bertz CT molecular complexity index is 998. The molecule has 10 heteroatoms. The van der Waals surface area contributed by atoms with Gasteiger partial charge in [0.15, 0.2) is 12.8 Å². The molecule has 2 aliphatic rings. The first-order chi connectivity index (χ1) is 15.5. The van der Waals surface area contributed by atoms with Crippen LogP contribution in [0.3, 0.4) is 0 Å². The first kappa shape index (κ1) is 24.2. The number of urea groups is 1. The zero-order valence-electron chi connectivity index (χ0n) is 19.3. The third kappa shape index (κ3) is 6.29. The summed E-state index contributed by atoms with van der Waals surface area (Å²) in [6.07, 6.45) is 4.65. The van der Waals surface area contributed by atoms with Gasteiger partial charge in [-0.25, -0.2) is 9.69 Å². The van der Waals surface area contributed by atoms with Crippen LogP contribution in [0.4, 0.5) is 10.5 Å². The zero-order chi connectivity index (χ0) is 24.2. The maximum absolute atomic E-state index is 12.5. The molecule has 2 aliphatic heterocycles. The number of hydrogen-bond donors (Lipinski definition) is 2. The van der Waals surface area contributed by atoms with E-state index < -0.39 is 36.1 Å². The van der Waals surface area contributed by atoms with E-state index in [1.165, 1.54) is 12.4 Å². The van der Waals surface area contributed by atoms with Gasteiger partial charge in [-0.15, -0.1) is 0 Å². The quantitative estimate of drug-likeness (QED) is 0.397. The fraction of sp³-hybridized carbons (Fsp3) is 0.522. The molecular weight excluding hydrogens is 426 g/mol. The predicted molar refractivity (Wildman–Crippen MR) is 120 cm³/mol. The molecule has 0 spiro atoms. The monoisotopic (exact) mass is 455 g/mol. The van der Waals surface area contributed by atoms with Crippen LogP contribution in [-0.2, 0) is 19.1 Å². The second-order valence-electron chi connectivity index (χ2n) is 9.26. The van der Waals surface area contributed by atoms with Crippen molar-refractivity contribution < 1.29 is 23.9 Å². The molecule has 176 valence electrons. The van der Waals surface area contributed by atoms with Crippen molar-refractivity contribution in [3.05, 3.63) is 24.0 Å². The van der Waals surface area contributed by atoms with Crippen molar-refractivity contribution in [1.29, 1.82) is 0 Å². The second kappa shape index (κ2) is 10.0. The molecule has 0 bridgehead atoms. The van der Waals surface area contributed by atoms with Gasteiger partial charge in [0, 0.05) is 17.7 Å². The van der Waals surface area contributed by atoms with Gasteiger partial charge in [0.25, 0.3) is 5.91 Å². The largest absolute Gasteiger partial charge is 0.443 e. The van der Waals surface area contributed by atoms with Gasteiger partial charge in [-0.3, -0.25) is 19.4 Å². The van der Waals surface area contributed by atoms with Crippen LogP contribution in [-0.4, -0.2) is 71.5 Å². The first-order valence-electron chi connectivity index (χ1n) is 10.8. The van der Waals surface area contributed by atoms with Crippen molar-refractivity contribution in [3.63, 3.8) is 0 Å². The van der Waals surface area contributed by atoms with Gasteiger partial charge >= 0.3 is 12.0 Å². The highest BCUT2D eigenvalue weighted by Gasteiger charge is 2.38. The van der Waals surface area contributed by atoms with Crippen LogP contribution in [0.5, 0.6) is 0 Å². The summed E-state index contributed by atoms with van der Waals surface area (Å²) < 4.78 is 5.06. The molecular formula is C23H29N5O5. The Morgan fingerprint density at radius 3 is 2.61 bits per heavy atom. The number of esters is 1. The van der Waals surface area contributed by atoms with E-state index in [-0.39, 0.29) is 11.8 Å². The lowest BCUT2D eigenvalue weighted by atomic mass is 9.96. The number of likely N-dealkylation sites (tertiary alicyclic amines) is 1. The normalized spacial score (nSPS) is 19.5. The molecule has 1 atom stereocenters. The third-order valence-electron chi connectivity index (χ3n) is 5.42. The predicted octanol–water partition coefficient (Wildman–Crippen LogP) is 1.18. The maximum Gasteiger partial charge on any atom is 0.328 e. The van der Waals surface area contributed by atoms with Gasteiger partial charge in [-0.05, 0) is 59.8 Å². The fourth-order valence-corrected chi connectivity index (χ4v) is 3.33. The topological polar surface area (TPSA) is 121 Å². The summed E-state index contributed by atoms with van der Waals surface area (Å²) in [6.45, 7) is 6.32. The number of ether oxygens (including phenoxy) is 1. The highest BCUT2D eigenvalue weighted by atomic mass is 16.5. The maximum atomic E-state index is 12.5. The number of imide groups is 1. The van der Waals surface area contributed by atoms with E-state index in [1.54, 1.807) is 26.8 Å². The van der Waals surface area contributed by atoms with Gasteiger partial charge in [0.05, 0.1) is 17.3 Å². The van der Waals surface area contributed by atoms with Crippen molar-refractivity contribution in [2.24, 2.45) is 11.3 Å². The molecule has 3 heterocycles. The van der Waals surface area contributed by atoms with E-state index in [9.17, 15) is 19.2 Å². The number of nitrogens with zero attached hydrogens (tertiary/aromatic N) is 3. The number of aromatic nitrogens is 1. The van der Waals surface area contributed by atoms with E-state index in [1.807, 2.05) is 7.05 Å². The minimum Gasteiger partial charge on any atom is -0.443 e. The number of pyridine rings is 1. The molecule has 0 radical (unpaired) electrons. The number of anilines is 1. The molecule has 2 N–H and O–H groups in total. The Balaban J connectivity index is 1.59. The van der Waals surface area contributed by atoms with Crippen LogP contribution in [0.25, 0.3) is 0 Å². The van der Waals surface area contributed by atoms with Crippen molar-refractivity contribution in [3.8, 4) is 11.8 Å². The number of hydrogen-bond acceptors (Lipinski definition) is 7. The summed E-state index contributed by atoms with van der Waals surface area (Å²) in [5, 5.41) is 5.33.